The van der Waals surface area contributed by atoms with E-state index in [1.807, 2.05) is 38.1 Å². The summed E-state index contributed by atoms with van der Waals surface area (Å²) in [5.41, 5.74) is -0.640. The number of pyridine rings is 1. The van der Waals surface area contributed by atoms with E-state index in [2.05, 4.69) is 5.32 Å². The molecular formula is C18H19F3N2O2. The minimum Gasteiger partial charge on any atom is -0.345 e. The Morgan fingerprint density at radius 2 is 1.80 bits per heavy atom. The first-order chi connectivity index (χ1) is 11.7. The van der Waals surface area contributed by atoms with Crippen molar-refractivity contribution in [2.45, 2.75) is 38.9 Å². The zero-order valence-corrected chi connectivity index (χ0v) is 13.9. The van der Waals surface area contributed by atoms with E-state index in [0.717, 1.165) is 23.6 Å². The summed E-state index contributed by atoms with van der Waals surface area (Å²) < 4.78 is 37.8. The molecule has 1 amide bonds. The van der Waals surface area contributed by atoms with Crippen LogP contribution in [0.25, 0.3) is 0 Å². The van der Waals surface area contributed by atoms with Gasteiger partial charge in [0.1, 0.15) is 11.3 Å². The first-order valence-corrected chi connectivity index (χ1v) is 7.90. The Bertz CT molecular complexity index is 795. The van der Waals surface area contributed by atoms with Crippen molar-refractivity contribution in [1.82, 2.24) is 10.3 Å². The van der Waals surface area contributed by atoms with Crippen molar-refractivity contribution in [3.05, 3.63) is 69.1 Å². The topological polar surface area (TPSA) is 62.0 Å². The number of carbonyl (C=O) groups is 1. The fourth-order valence-electron chi connectivity index (χ4n) is 2.46. The Kier molecular flexibility index (Phi) is 5.66. The molecule has 2 N–H and O–H groups in total. The maximum Gasteiger partial charge on any atom is 0.431 e. The van der Waals surface area contributed by atoms with E-state index in [9.17, 15) is 22.8 Å². The average molecular weight is 352 g/mol. The summed E-state index contributed by atoms with van der Waals surface area (Å²) in [6, 6.07) is 8.86. The summed E-state index contributed by atoms with van der Waals surface area (Å²) in [6.07, 6.45) is -3.23. The second-order valence-electron chi connectivity index (χ2n) is 5.84. The number of aryl methyl sites for hydroxylation is 1. The number of aromatic amines is 1. The van der Waals surface area contributed by atoms with Gasteiger partial charge in [-0.25, -0.2) is 0 Å². The Balaban J connectivity index is 2.24. The van der Waals surface area contributed by atoms with Crippen LogP contribution in [0.4, 0.5) is 13.2 Å². The summed E-state index contributed by atoms with van der Waals surface area (Å²) in [5.74, 6) is -0.700. The van der Waals surface area contributed by atoms with Crippen molar-refractivity contribution in [2.24, 2.45) is 0 Å². The molecule has 1 aromatic carbocycles. The fraction of sp³-hybridized carbons (Fsp3) is 0.333. The molecule has 0 bridgehead atoms. The van der Waals surface area contributed by atoms with Crippen LogP contribution < -0.4 is 10.9 Å². The summed E-state index contributed by atoms with van der Waals surface area (Å²) in [7, 11) is 0. The number of hydrogen-bond donors (Lipinski definition) is 2. The van der Waals surface area contributed by atoms with E-state index in [1.165, 1.54) is 0 Å². The quantitative estimate of drug-likeness (QED) is 0.855. The van der Waals surface area contributed by atoms with Gasteiger partial charge in [0.2, 0.25) is 0 Å². The van der Waals surface area contributed by atoms with Gasteiger partial charge in [-0.3, -0.25) is 9.59 Å². The van der Waals surface area contributed by atoms with E-state index in [0.29, 0.717) is 12.5 Å². The highest BCUT2D eigenvalue weighted by Crippen LogP contribution is 2.26. The van der Waals surface area contributed by atoms with Crippen LogP contribution in [0, 0.1) is 6.92 Å². The predicted molar refractivity (Wildman–Crippen MR) is 88.4 cm³/mol. The Hall–Kier alpha value is -2.57. The first-order valence-electron chi connectivity index (χ1n) is 7.90. The van der Waals surface area contributed by atoms with Crippen molar-refractivity contribution >= 4 is 5.91 Å². The van der Waals surface area contributed by atoms with Gasteiger partial charge in [0.05, 0.1) is 6.04 Å². The Morgan fingerprint density at radius 1 is 1.16 bits per heavy atom. The number of H-pyrrole nitrogens is 1. The second kappa shape index (κ2) is 7.55. The normalized spacial score (nSPS) is 12.7. The molecule has 0 aliphatic rings. The maximum atomic E-state index is 12.6. The molecule has 7 heteroatoms. The minimum atomic E-state index is -4.67. The minimum absolute atomic E-state index is 0.320. The molecule has 0 fully saturated rings. The molecular weight excluding hydrogens is 333 g/mol. The second-order valence-corrected chi connectivity index (χ2v) is 5.84. The number of amides is 1. The molecule has 134 valence electrons. The Morgan fingerprint density at radius 3 is 2.32 bits per heavy atom. The van der Waals surface area contributed by atoms with E-state index < -0.39 is 23.3 Å². The molecule has 0 aliphatic carbocycles. The van der Waals surface area contributed by atoms with Crippen molar-refractivity contribution < 1.29 is 18.0 Å². The van der Waals surface area contributed by atoms with Gasteiger partial charge in [-0.05, 0) is 31.0 Å². The van der Waals surface area contributed by atoms with E-state index in [-0.39, 0.29) is 11.6 Å². The van der Waals surface area contributed by atoms with Crippen molar-refractivity contribution in [1.29, 1.82) is 0 Å². The molecule has 0 spiro atoms. The number of alkyl halides is 3. The van der Waals surface area contributed by atoms with Gasteiger partial charge in [-0.15, -0.1) is 0 Å². The summed E-state index contributed by atoms with van der Waals surface area (Å²) >= 11 is 0. The highest BCUT2D eigenvalue weighted by Gasteiger charge is 2.32. The molecule has 0 radical (unpaired) electrons. The number of benzene rings is 1. The molecule has 2 aromatic rings. The zero-order valence-electron chi connectivity index (χ0n) is 13.9. The third-order valence-electron chi connectivity index (χ3n) is 3.82. The van der Waals surface area contributed by atoms with E-state index in [1.54, 1.807) is 4.98 Å². The van der Waals surface area contributed by atoms with Gasteiger partial charge in [0, 0.05) is 0 Å². The molecule has 4 nitrogen and oxygen atoms in total. The molecule has 0 saturated carbocycles. The summed E-state index contributed by atoms with van der Waals surface area (Å²) in [5, 5.41) is 2.73. The zero-order chi connectivity index (χ0) is 18.6. The lowest BCUT2D eigenvalue weighted by Crippen LogP contribution is -2.33. The van der Waals surface area contributed by atoms with Gasteiger partial charge < -0.3 is 10.3 Å². The lowest BCUT2D eigenvalue weighted by Gasteiger charge is -2.19. The van der Waals surface area contributed by atoms with Crippen LogP contribution in [0.5, 0.6) is 0 Å². The van der Waals surface area contributed by atoms with Crippen LogP contribution in [-0.2, 0) is 6.18 Å². The molecule has 1 heterocycles. The molecule has 25 heavy (non-hydrogen) atoms. The number of carbonyl (C=O) groups excluding carboxylic acids is 1. The van der Waals surface area contributed by atoms with Crippen LogP contribution in [0.1, 0.15) is 53.0 Å². The van der Waals surface area contributed by atoms with Crippen LogP contribution >= 0.6 is 0 Å². The lowest BCUT2D eigenvalue weighted by molar-refractivity contribution is -0.141. The Labute approximate surface area is 143 Å². The standard InChI is InChI=1S/C18H19F3N2O2/c1-3-4-14(12-7-5-11(2)6-8-12)22-16(24)13-9-10-15(18(19,20)21)23-17(13)25/h5-10,14H,3-4H2,1-2H3,(H,22,24)(H,23,25). The monoisotopic (exact) mass is 352 g/mol. The molecule has 0 saturated heterocycles. The van der Waals surface area contributed by atoms with Gasteiger partial charge in [0.25, 0.3) is 11.5 Å². The van der Waals surface area contributed by atoms with Gasteiger partial charge in [-0.1, -0.05) is 43.2 Å². The highest BCUT2D eigenvalue weighted by atomic mass is 19.4. The molecule has 0 aliphatic heterocycles. The fourth-order valence-corrected chi connectivity index (χ4v) is 2.46. The number of rotatable bonds is 5. The summed E-state index contributed by atoms with van der Waals surface area (Å²) in [6.45, 7) is 3.90. The van der Waals surface area contributed by atoms with Crippen LogP contribution in [0.3, 0.4) is 0 Å². The number of aromatic nitrogens is 1. The third kappa shape index (κ3) is 4.71. The number of nitrogens with one attached hydrogen (secondary N) is 2. The average Bonchev–Trinajstić information content (AvgIpc) is 2.54. The predicted octanol–water partition coefficient (Wildman–Crippen LogP) is 3.97. The van der Waals surface area contributed by atoms with Gasteiger partial charge in [-0.2, -0.15) is 13.2 Å². The third-order valence-corrected chi connectivity index (χ3v) is 3.82. The van der Waals surface area contributed by atoms with E-state index in [4.69, 9.17) is 0 Å². The van der Waals surface area contributed by atoms with Crippen LogP contribution in [-0.4, -0.2) is 10.9 Å². The smallest absolute Gasteiger partial charge is 0.345 e. The molecule has 1 aromatic heterocycles. The highest BCUT2D eigenvalue weighted by molar-refractivity contribution is 5.94. The maximum absolute atomic E-state index is 12.6. The van der Waals surface area contributed by atoms with Gasteiger partial charge >= 0.3 is 6.18 Å². The van der Waals surface area contributed by atoms with E-state index >= 15 is 0 Å². The van der Waals surface area contributed by atoms with Crippen molar-refractivity contribution in [2.75, 3.05) is 0 Å². The van der Waals surface area contributed by atoms with Crippen molar-refractivity contribution in [3.63, 3.8) is 0 Å². The van der Waals surface area contributed by atoms with Gasteiger partial charge in [0.15, 0.2) is 0 Å². The SMILES string of the molecule is CCCC(NC(=O)c1ccc(C(F)(F)F)[nH]c1=O)c1ccc(C)cc1. The molecule has 1 atom stereocenters. The largest absolute Gasteiger partial charge is 0.431 e. The number of hydrogen-bond acceptors (Lipinski definition) is 2. The molecule has 1 unspecified atom stereocenters. The summed E-state index contributed by atoms with van der Waals surface area (Å²) in [4.78, 5) is 25.9. The van der Waals surface area contributed by atoms with Crippen LogP contribution in [0.2, 0.25) is 0 Å². The lowest BCUT2D eigenvalue weighted by atomic mass is 10.0. The molecule has 2 rings (SSSR count). The van der Waals surface area contributed by atoms with Crippen molar-refractivity contribution in [3.8, 4) is 0 Å². The first kappa shape index (κ1) is 18.8. The van der Waals surface area contributed by atoms with Crippen LogP contribution in [0.15, 0.2) is 41.2 Å². The number of halogens is 3.